The number of carbonyl (C=O) groups is 1. The highest BCUT2D eigenvalue weighted by Gasteiger charge is 2.66. The number of hydrogen-bond donors (Lipinski definition) is 2. The van der Waals surface area contributed by atoms with Crippen LogP contribution in [0, 0.1) is 5.82 Å². The Bertz CT molecular complexity index is 845. The van der Waals surface area contributed by atoms with E-state index in [-0.39, 0.29) is 27.2 Å². The largest absolute Gasteiger partial charge is 0.492 e. The molecule has 0 unspecified atom stereocenters. The lowest BCUT2D eigenvalue weighted by Gasteiger charge is -2.29. The molecule has 1 aliphatic heterocycles. The fraction of sp³-hybridized carbons (Fsp3) is 0.133. The van der Waals surface area contributed by atoms with Gasteiger partial charge in [-0.1, -0.05) is 35.3 Å². The van der Waals surface area contributed by atoms with E-state index in [1.165, 1.54) is 23.5 Å². The minimum atomic E-state index is -5.18. The van der Waals surface area contributed by atoms with Gasteiger partial charge in [-0.2, -0.15) is 13.2 Å². The molecular formula is C15H8Cl2F4N2O3. The lowest BCUT2D eigenvalue weighted by molar-refractivity contribution is -0.317. The Labute approximate surface area is 153 Å². The summed E-state index contributed by atoms with van der Waals surface area (Å²) in [6.45, 7) is 0. The van der Waals surface area contributed by atoms with Gasteiger partial charge in [-0.15, -0.1) is 0 Å². The summed E-state index contributed by atoms with van der Waals surface area (Å²) in [5.74, 6) is -5.11. The van der Waals surface area contributed by atoms with Crippen LogP contribution < -0.4 is 20.1 Å². The van der Waals surface area contributed by atoms with E-state index in [1.54, 1.807) is 0 Å². The fourth-order valence-electron chi connectivity index (χ4n) is 2.10. The zero-order valence-corrected chi connectivity index (χ0v) is 14.0. The van der Waals surface area contributed by atoms with Crippen molar-refractivity contribution in [1.29, 1.82) is 0 Å². The molecule has 26 heavy (non-hydrogen) atoms. The fourth-order valence-corrected chi connectivity index (χ4v) is 2.41. The quantitative estimate of drug-likeness (QED) is 0.689. The summed E-state index contributed by atoms with van der Waals surface area (Å²) in [7, 11) is 0. The number of carbonyl (C=O) groups excluding carboxylic acids is 1. The van der Waals surface area contributed by atoms with Gasteiger partial charge >= 0.3 is 18.1 Å². The molecule has 2 amide bonds. The number of fused-ring (bicyclic) bond motifs is 1. The van der Waals surface area contributed by atoms with Gasteiger partial charge in [0.05, 0.1) is 15.7 Å². The maximum Gasteiger partial charge on any atom is 0.492 e. The highest BCUT2D eigenvalue weighted by Crippen LogP contribution is 2.47. The smallest absolute Gasteiger partial charge is 0.424 e. The molecule has 0 aromatic heterocycles. The van der Waals surface area contributed by atoms with E-state index >= 15 is 0 Å². The van der Waals surface area contributed by atoms with E-state index in [1.807, 2.05) is 5.32 Å². The van der Waals surface area contributed by atoms with Crippen molar-refractivity contribution in [3.63, 3.8) is 0 Å². The van der Waals surface area contributed by atoms with Crippen LogP contribution in [0.25, 0.3) is 0 Å². The second kappa shape index (κ2) is 6.40. The van der Waals surface area contributed by atoms with Crippen LogP contribution >= 0.6 is 23.2 Å². The van der Waals surface area contributed by atoms with Gasteiger partial charge in [-0.05, 0) is 12.1 Å². The van der Waals surface area contributed by atoms with Crippen molar-refractivity contribution >= 4 is 34.9 Å². The number of hydrogen-bond acceptors (Lipinski definition) is 3. The molecule has 0 atom stereocenters. The zero-order chi connectivity index (χ0) is 19.1. The van der Waals surface area contributed by atoms with Gasteiger partial charge in [0, 0.05) is 12.1 Å². The number of para-hydroxylation sites is 1. The number of benzene rings is 2. The third kappa shape index (κ3) is 3.32. The second-order valence-electron chi connectivity index (χ2n) is 5.09. The van der Waals surface area contributed by atoms with Gasteiger partial charge in [0.25, 0.3) is 0 Å². The normalized spacial score (nSPS) is 14.8. The molecule has 11 heteroatoms. The highest BCUT2D eigenvalue weighted by molar-refractivity contribution is 6.42. The molecule has 0 aliphatic carbocycles. The summed E-state index contributed by atoms with van der Waals surface area (Å²) in [5.41, 5.74) is -0.330. The molecule has 0 saturated carbocycles. The maximum atomic E-state index is 13.5. The van der Waals surface area contributed by atoms with Crippen LogP contribution in [0.5, 0.6) is 11.5 Å². The SMILES string of the molecule is O=C(Nc1ccccc1F)NC1(C(F)(F)F)Oc2cc(Cl)c(Cl)cc2O1. The first kappa shape index (κ1) is 18.4. The summed E-state index contributed by atoms with van der Waals surface area (Å²) in [6.07, 6.45) is -5.18. The first-order chi connectivity index (χ1) is 12.1. The van der Waals surface area contributed by atoms with Crippen LogP contribution in [0.1, 0.15) is 0 Å². The Morgan fingerprint density at radius 3 is 2.08 bits per heavy atom. The summed E-state index contributed by atoms with van der Waals surface area (Å²) in [6, 6.07) is 5.56. The van der Waals surface area contributed by atoms with Crippen molar-refractivity contribution < 1.29 is 31.8 Å². The molecule has 0 bridgehead atoms. The first-order valence-electron chi connectivity index (χ1n) is 6.89. The summed E-state index contributed by atoms with van der Waals surface area (Å²) in [5, 5.41) is 3.33. The van der Waals surface area contributed by atoms with Crippen LogP contribution in [-0.2, 0) is 0 Å². The van der Waals surface area contributed by atoms with E-state index in [0.717, 1.165) is 18.2 Å². The van der Waals surface area contributed by atoms with Crippen molar-refractivity contribution in [3.8, 4) is 11.5 Å². The van der Waals surface area contributed by atoms with Crippen LogP contribution in [-0.4, -0.2) is 18.1 Å². The molecule has 0 radical (unpaired) electrons. The van der Waals surface area contributed by atoms with Crippen molar-refractivity contribution in [3.05, 3.63) is 52.3 Å². The van der Waals surface area contributed by atoms with E-state index in [4.69, 9.17) is 32.7 Å². The molecule has 2 aromatic rings. The predicted octanol–water partition coefficient (Wildman–Crippen LogP) is 4.94. The highest BCUT2D eigenvalue weighted by atomic mass is 35.5. The summed E-state index contributed by atoms with van der Waals surface area (Å²) < 4.78 is 63.7. The van der Waals surface area contributed by atoms with Gasteiger partial charge < -0.3 is 14.8 Å². The minimum Gasteiger partial charge on any atom is -0.424 e. The summed E-state index contributed by atoms with van der Waals surface area (Å²) >= 11 is 11.5. The Morgan fingerprint density at radius 2 is 1.58 bits per heavy atom. The number of amides is 2. The van der Waals surface area contributed by atoms with Crippen LogP contribution in [0.4, 0.5) is 28.0 Å². The molecule has 5 nitrogen and oxygen atoms in total. The van der Waals surface area contributed by atoms with Gasteiger partial charge in [-0.3, -0.25) is 5.32 Å². The van der Waals surface area contributed by atoms with Gasteiger partial charge in [0.1, 0.15) is 5.82 Å². The number of anilines is 1. The topological polar surface area (TPSA) is 59.6 Å². The lowest BCUT2D eigenvalue weighted by atomic mass is 10.3. The van der Waals surface area contributed by atoms with Crippen molar-refractivity contribution in [1.82, 2.24) is 5.32 Å². The third-order valence-corrected chi connectivity index (χ3v) is 3.99. The molecule has 0 saturated heterocycles. The van der Waals surface area contributed by atoms with E-state index in [2.05, 4.69) is 0 Å². The number of alkyl halides is 3. The van der Waals surface area contributed by atoms with Crippen molar-refractivity contribution in [2.24, 2.45) is 0 Å². The van der Waals surface area contributed by atoms with E-state index in [9.17, 15) is 22.4 Å². The lowest BCUT2D eigenvalue weighted by Crippen LogP contribution is -2.65. The Morgan fingerprint density at radius 1 is 1.04 bits per heavy atom. The monoisotopic (exact) mass is 410 g/mol. The molecular weight excluding hydrogens is 403 g/mol. The van der Waals surface area contributed by atoms with Crippen LogP contribution in [0.2, 0.25) is 10.0 Å². The van der Waals surface area contributed by atoms with E-state index < -0.39 is 23.9 Å². The number of nitrogens with one attached hydrogen (secondary N) is 2. The first-order valence-corrected chi connectivity index (χ1v) is 7.64. The maximum absolute atomic E-state index is 13.5. The van der Waals surface area contributed by atoms with E-state index in [0.29, 0.717) is 0 Å². The molecule has 1 heterocycles. The number of ether oxygens (including phenoxy) is 2. The Hall–Kier alpha value is -2.39. The Kier molecular flexibility index (Phi) is 4.53. The predicted molar refractivity (Wildman–Crippen MR) is 85.1 cm³/mol. The standard InChI is InChI=1S/C15H8Cl2F4N2O3/c16-7-5-11-12(6-8(7)17)26-15(25-11,14(19,20)21)23-13(24)22-10-4-2-1-3-9(10)18/h1-6H,(H2,22,23,24). The third-order valence-electron chi connectivity index (χ3n) is 3.27. The molecule has 1 aliphatic rings. The average molecular weight is 411 g/mol. The van der Waals surface area contributed by atoms with Gasteiger partial charge in [0.2, 0.25) is 0 Å². The second-order valence-corrected chi connectivity index (χ2v) is 5.90. The van der Waals surface area contributed by atoms with Crippen LogP contribution in [0.15, 0.2) is 36.4 Å². The molecule has 3 rings (SSSR count). The van der Waals surface area contributed by atoms with Gasteiger partial charge in [0.15, 0.2) is 11.5 Å². The van der Waals surface area contributed by atoms with Crippen molar-refractivity contribution in [2.45, 2.75) is 12.1 Å². The molecule has 2 aromatic carbocycles. The average Bonchev–Trinajstić information content (AvgIpc) is 2.88. The van der Waals surface area contributed by atoms with Crippen LogP contribution in [0.3, 0.4) is 0 Å². The summed E-state index contributed by atoms with van der Waals surface area (Å²) in [4.78, 5) is 12.0. The minimum absolute atomic E-state index is 0.0669. The molecule has 2 N–H and O–H groups in total. The molecule has 0 fully saturated rings. The number of rotatable bonds is 2. The van der Waals surface area contributed by atoms with Gasteiger partial charge in [-0.25, -0.2) is 9.18 Å². The molecule has 0 spiro atoms. The zero-order valence-electron chi connectivity index (χ0n) is 12.5. The number of halogens is 6. The number of urea groups is 1. The Balaban J connectivity index is 1.86. The molecule has 138 valence electrons. The van der Waals surface area contributed by atoms with Crippen molar-refractivity contribution in [2.75, 3.05) is 5.32 Å².